The maximum absolute atomic E-state index is 5.13. The fraction of sp³-hybridized carbons (Fsp3) is 0.154. The molecular formula is C13H15O. The molecule has 1 rings (SSSR count). The van der Waals surface area contributed by atoms with Crippen molar-refractivity contribution >= 4 is 6.08 Å². The van der Waals surface area contributed by atoms with Gasteiger partial charge in [0.25, 0.3) is 0 Å². The van der Waals surface area contributed by atoms with Crippen LogP contribution in [0, 0.1) is 6.92 Å². The second-order valence-electron chi connectivity index (χ2n) is 2.82. The number of ether oxygens (including phenoxy) is 1. The van der Waals surface area contributed by atoms with E-state index >= 15 is 0 Å². The fourth-order valence-electron chi connectivity index (χ4n) is 0.983. The van der Waals surface area contributed by atoms with E-state index in [9.17, 15) is 0 Å². The van der Waals surface area contributed by atoms with Gasteiger partial charge in [0.15, 0.2) is 0 Å². The molecule has 1 aromatic rings. The maximum atomic E-state index is 5.13. The third-order valence-electron chi connectivity index (χ3n) is 1.64. The van der Waals surface area contributed by atoms with Crippen LogP contribution < -0.4 is 0 Å². The lowest BCUT2D eigenvalue weighted by Gasteiger charge is -1.93. The quantitative estimate of drug-likeness (QED) is 0.389. The first-order chi connectivity index (χ1) is 6.93. The smallest absolute Gasteiger partial charge is 0.0873 e. The van der Waals surface area contributed by atoms with Crippen LogP contribution in [0.4, 0.5) is 0 Å². The predicted molar refractivity (Wildman–Crippen MR) is 60.5 cm³/mol. The van der Waals surface area contributed by atoms with Crippen LogP contribution >= 0.6 is 0 Å². The van der Waals surface area contributed by atoms with Gasteiger partial charge in [0.2, 0.25) is 0 Å². The molecule has 0 amide bonds. The predicted octanol–water partition coefficient (Wildman–Crippen LogP) is 3.45. The zero-order chi connectivity index (χ0) is 10.1. The van der Waals surface area contributed by atoms with Crippen molar-refractivity contribution in [3.05, 3.63) is 61.2 Å². The molecule has 14 heavy (non-hydrogen) atoms. The van der Waals surface area contributed by atoms with Gasteiger partial charge in [-0.15, -0.1) is 0 Å². The lowest BCUT2D eigenvalue weighted by molar-refractivity contribution is 0.255. The summed E-state index contributed by atoms with van der Waals surface area (Å²) in [5, 5.41) is 0. The number of hydrogen-bond acceptors (Lipinski definition) is 1. The summed E-state index contributed by atoms with van der Waals surface area (Å²) < 4.78 is 5.13. The van der Waals surface area contributed by atoms with Gasteiger partial charge in [0, 0.05) is 0 Å². The van der Waals surface area contributed by atoms with E-state index in [1.165, 1.54) is 5.56 Å². The van der Waals surface area contributed by atoms with Gasteiger partial charge in [-0.05, 0) is 25.0 Å². The molecule has 0 aliphatic carbocycles. The van der Waals surface area contributed by atoms with Gasteiger partial charge < -0.3 is 4.74 Å². The average molecular weight is 187 g/mol. The van der Waals surface area contributed by atoms with Crippen LogP contribution in [0.25, 0.3) is 6.08 Å². The van der Waals surface area contributed by atoms with E-state index in [4.69, 9.17) is 4.74 Å². The van der Waals surface area contributed by atoms with Gasteiger partial charge in [0.1, 0.15) is 0 Å². The Morgan fingerprint density at radius 2 is 1.93 bits per heavy atom. The molecule has 73 valence electrons. The Labute approximate surface area is 85.7 Å². The highest BCUT2D eigenvalue weighted by Crippen LogP contribution is 2.00. The SMILES string of the molecule is [CH2]CCOC=CC=Cc1ccccc1. The zero-order valence-electron chi connectivity index (χ0n) is 8.23. The molecule has 0 bridgehead atoms. The number of hydrogen-bond donors (Lipinski definition) is 0. The Morgan fingerprint density at radius 3 is 2.64 bits per heavy atom. The van der Waals surface area contributed by atoms with E-state index in [0.29, 0.717) is 6.61 Å². The van der Waals surface area contributed by atoms with Gasteiger partial charge in [-0.1, -0.05) is 42.5 Å². The molecule has 1 heteroatoms. The van der Waals surface area contributed by atoms with Crippen LogP contribution in [0.5, 0.6) is 0 Å². The first-order valence-corrected chi connectivity index (χ1v) is 4.72. The highest BCUT2D eigenvalue weighted by molar-refractivity contribution is 5.50. The normalized spacial score (nSPS) is 11.2. The minimum Gasteiger partial charge on any atom is -0.501 e. The third-order valence-corrected chi connectivity index (χ3v) is 1.64. The molecule has 0 N–H and O–H groups in total. The van der Waals surface area contributed by atoms with Gasteiger partial charge in [-0.2, -0.15) is 0 Å². The highest BCUT2D eigenvalue weighted by atomic mass is 16.5. The van der Waals surface area contributed by atoms with Crippen molar-refractivity contribution in [2.24, 2.45) is 0 Å². The summed E-state index contributed by atoms with van der Waals surface area (Å²) in [6.07, 6.45) is 8.35. The van der Waals surface area contributed by atoms with E-state index in [0.717, 1.165) is 6.42 Å². The monoisotopic (exact) mass is 187 g/mol. The van der Waals surface area contributed by atoms with Gasteiger partial charge in [-0.25, -0.2) is 0 Å². The summed E-state index contributed by atoms with van der Waals surface area (Å²) in [5.41, 5.74) is 1.19. The van der Waals surface area contributed by atoms with Crippen LogP contribution in [0.2, 0.25) is 0 Å². The van der Waals surface area contributed by atoms with Crippen molar-refractivity contribution in [2.45, 2.75) is 6.42 Å². The Hall–Kier alpha value is -1.50. The van der Waals surface area contributed by atoms with Crippen LogP contribution in [0.1, 0.15) is 12.0 Å². The average Bonchev–Trinajstić information content (AvgIpc) is 2.25. The van der Waals surface area contributed by atoms with Crippen molar-refractivity contribution in [1.29, 1.82) is 0 Å². The van der Waals surface area contributed by atoms with E-state index in [2.05, 4.69) is 19.1 Å². The van der Waals surface area contributed by atoms with Crippen LogP contribution in [-0.4, -0.2) is 6.61 Å². The lowest BCUT2D eigenvalue weighted by atomic mass is 10.2. The molecule has 0 aliphatic heterocycles. The van der Waals surface area contributed by atoms with Crippen molar-refractivity contribution < 1.29 is 4.74 Å². The highest BCUT2D eigenvalue weighted by Gasteiger charge is 1.79. The minimum absolute atomic E-state index is 0.676. The maximum Gasteiger partial charge on any atom is 0.0873 e. The van der Waals surface area contributed by atoms with E-state index in [-0.39, 0.29) is 0 Å². The van der Waals surface area contributed by atoms with Gasteiger partial charge in [-0.3, -0.25) is 0 Å². The number of rotatable bonds is 5. The second-order valence-corrected chi connectivity index (χ2v) is 2.82. The molecule has 0 unspecified atom stereocenters. The Kier molecular flexibility index (Phi) is 5.26. The van der Waals surface area contributed by atoms with Crippen molar-refractivity contribution in [2.75, 3.05) is 6.61 Å². The summed E-state index contributed by atoms with van der Waals surface area (Å²) in [5.74, 6) is 0. The van der Waals surface area contributed by atoms with Crippen LogP contribution in [0.3, 0.4) is 0 Å². The standard InChI is InChI=1S/C13H15O/c1-2-11-14-12-7-6-10-13-8-4-3-5-9-13/h3-10,12H,1-2,11H2. The summed E-state index contributed by atoms with van der Waals surface area (Å²) in [7, 11) is 0. The molecular weight excluding hydrogens is 172 g/mol. The molecule has 1 aromatic carbocycles. The summed E-state index contributed by atoms with van der Waals surface area (Å²) in [6.45, 7) is 4.35. The number of allylic oxidation sites excluding steroid dienone is 2. The first kappa shape index (κ1) is 10.6. The molecule has 1 radical (unpaired) electrons. The van der Waals surface area contributed by atoms with Crippen molar-refractivity contribution in [3.8, 4) is 0 Å². The van der Waals surface area contributed by atoms with Gasteiger partial charge >= 0.3 is 0 Å². The fourth-order valence-corrected chi connectivity index (χ4v) is 0.983. The second kappa shape index (κ2) is 6.96. The minimum atomic E-state index is 0.676. The molecule has 0 fully saturated rings. The lowest BCUT2D eigenvalue weighted by Crippen LogP contribution is -1.81. The Bertz CT molecular complexity index is 285. The molecule has 0 atom stereocenters. The molecule has 0 saturated carbocycles. The zero-order valence-corrected chi connectivity index (χ0v) is 8.23. The molecule has 0 heterocycles. The molecule has 0 aliphatic rings. The van der Waals surface area contributed by atoms with E-state index in [1.807, 2.05) is 36.4 Å². The largest absolute Gasteiger partial charge is 0.501 e. The molecule has 1 nitrogen and oxygen atoms in total. The number of benzene rings is 1. The summed E-state index contributed by atoms with van der Waals surface area (Å²) >= 11 is 0. The first-order valence-electron chi connectivity index (χ1n) is 4.72. The van der Waals surface area contributed by atoms with Crippen molar-refractivity contribution in [1.82, 2.24) is 0 Å². The van der Waals surface area contributed by atoms with Crippen molar-refractivity contribution in [3.63, 3.8) is 0 Å². The van der Waals surface area contributed by atoms with E-state index in [1.54, 1.807) is 6.26 Å². The molecule has 0 saturated heterocycles. The molecule has 0 aromatic heterocycles. The summed E-state index contributed by atoms with van der Waals surface area (Å²) in [4.78, 5) is 0. The van der Waals surface area contributed by atoms with E-state index < -0.39 is 0 Å². The molecule has 0 spiro atoms. The summed E-state index contributed by atoms with van der Waals surface area (Å²) in [6, 6.07) is 10.2. The Balaban J connectivity index is 2.31. The van der Waals surface area contributed by atoms with Gasteiger partial charge in [0.05, 0.1) is 12.9 Å². The van der Waals surface area contributed by atoms with Crippen LogP contribution in [0.15, 0.2) is 48.7 Å². The van der Waals surface area contributed by atoms with Crippen LogP contribution in [-0.2, 0) is 4.74 Å². The third kappa shape index (κ3) is 4.51. The Morgan fingerprint density at radius 1 is 1.14 bits per heavy atom. The topological polar surface area (TPSA) is 9.23 Å².